The predicted octanol–water partition coefficient (Wildman–Crippen LogP) is 2.98. The van der Waals surface area contributed by atoms with Crippen LogP contribution in [0.4, 0.5) is 18.9 Å². The van der Waals surface area contributed by atoms with Crippen LogP contribution in [0, 0.1) is 11.9 Å². The number of alkyl halides is 2. The summed E-state index contributed by atoms with van der Waals surface area (Å²) in [6, 6.07) is 2.52. The fraction of sp³-hybridized carbons (Fsp3) is 0.500. The number of pyridine rings is 1. The van der Waals surface area contributed by atoms with Crippen LogP contribution in [-0.4, -0.2) is 16.8 Å². The predicted molar refractivity (Wildman–Crippen MR) is 59.7 cm³/mol. The summed E-state index contributed by atoms with van der Waals surface area (Å²) in [7, 11) is 0. The minimum Gasteiger partial charge on any atom is -0.324 e. The highest BCUT2D eigenvalue weighted by molar-refractivity contribution is 5.92. The standard InChI is InChI=1S/C12H13F3N2O/c13-10-2-1-9(7-16-10)17-11(18)8-3-5-12(14,15)6-4-8/h1-2,7-8H,3-6H2,(H,17,18). The molecular formula is C12H13F3N2O. The largest absolute Gasteiger partial charge is 0.324 e. The molecule has 1 aliphatic rings. The molecule has 2 rings (SSSR count). The number of anilines is 1. The van der Waals surface area contributed by atoms with Crippen molar-refractivity contribution < 1.29 is 18.0 Å². The Morgan fingerprint density at radius 2 is 2.00 bits per heavy atom. The maximum atomic E-state index is 12.9. The molecule has 0 spiro atoms. The van der Waals surface area contributed by atoms with Crippen molar-refractivity contribution in [3.05, 3.63) is 24.3 Å². The molecule has 1 aromatic rings. The quantitative estimate of drug-likeness (QED) is 0.828. The third-order valence-electron chi connectivity index (χ3n) is 3.08. The van der Waals surface area contributed by atoms with E-state index >= 15 is 0 Å². The highest BCUT2D eigenvalue weighted by atomic mass is 19.3. The molecule has 0 aromatic carbocycles. The lowest BCUT2D eigenvalue weighted by Gasteiger charge is -2.27. The SMILES string of the molecule is O=C(Nc1ccc(F)nc1)C1CCC(F)(F)CC1. The van der Waals surface area contributed by atoms with Crippen LogP contribution >= 0.6 is 0 Å². The summed E-state index contributed by atoms with van der Waals surface area (Å²) < 4.78 is 38.4. The van der Waals surface area contributed by atoms with Crippen molar-refractivity contribution in [2.75, 3.05) is 5.32 Å². The molecule has 1 heterocycles. The van der Waals surface area contributed by atoms with Gasteiger partial charge in [-0.15, -0.1) is 0 Å². The molecule has 1 N–H and O–H groups in total. The third-order valence-corrected chi connectivity index (χ3v) is 3.08. The van der Waals surface area contributed by atoms with E-state index in [1.165, 1.54) is 12.3 Å². The van der Waals surface area contributed by atoms with Crippen LogP contribution < -0.4 is 5.32 Å². The van der Waals surface area contributed by atoms with Gasteiger partial charge in [0.2, 0.25) is 17.8 Å². The molecule has 1 fully saturated rings. The monoisotopic (exact) mass is 258 g/mol. The number of hydrogen-bond acceptors (Lipinski definition) is 2. The first kappa shape index (κ1) is 12.9. The molecule has 1 saturated carbocycles. The first-order valence-corrected chi connectivity index (χ1v) is 5.76. The van der Waals surface area contributed by atoms with Gasteiger partial charge in [0.15, 0.2) is 0 Å². The van der Waals surface area contributed by atoms with Gasteiger partial charge < -0.3 is 5.32 Å². The van der Waals surface area contributed by atoms with E-state index in [4.69, 9.17) is 0 Å². The van der Waals surface area contributed by atoms with Crippen LogP contribution in [0.25, 0.3) is 0 Å². The zero-order valence-electron chi connectivity index (χ0n) is 9.63. The average Bonchev–Trinajstić information content (AvgIpc) is 2.32. The highest BCUT2D eigenvalue weighted by Crippen LogP contribution is 2.36. The Hall–Kier alpha value is -1.59. The number of hydrogen-bond donors (Lipinski definition) is 1. The number of rotatable bonds is 2. The van der Waals surface area contributed by atoms with Crippen molar-refractivity contribution in [3.63, 3.8) is 0 Å². The number of amides is 1. The molecule has 3 nitrogen and oxygen atoms in total. The van der Waals surface area contributed by atoms with Gasteiger partial charge in [-0.1, -0.05) is 0 Å². The second kappa shape index (κ2) is 4.96. The van der Waals surface area contributed by atoms with Crippen molar-refractivity contribution in [2.45, 2.75) is 31.6 Å². The van der Waals surface area contributed by atoms with Crippen LogP contribution in [0.1, 0.15) is 25.7 Å². The van der Waals surface area contributed by atoms with Gasteiger partial charge in [0.25, 0.3) is 0 Å². The number of carbonyl (C=O) groups is 1. The lowest BCUT2D eigenvalue weighted by Crippen LogP contribution is -2.31. The molecule has 98 valence electrons. The normalized spacial score (nSPS) is 19.5. The average molecular weight is 258 g/mol. The van der Waals surface area contributed by atoms with Crippen LogP contribution in [0.2, 0.25) is 0 Å². The number of nitrogens with one attached hydrogen (secondary N) is 1. The Bertz CT molecular complexity index is 423. The summed E-state index contributed by atoms with van der Waals surface area (Å²) in [4.78, 5) is 15.2. The number of nitrogens with zero attached hydrogens (tertiary/aromatic N) is 1. The van der Waals surface area contributed by atoms with Crippen LogP contribution in [-0.2, 0) is 4.79 Å². The molecule has 0 radical (unpaired) electrons. The van der Waals surface area contributed by atoms with Gasteiger partial charge in [-0.3, -0.25) is 4.79 Å². The molecule has 0 unspecified atom stereocenters. The van der Waals surface area contributed by atoms with Gasteiger partial charge in [-0.2, -0.15) is 4.39 Å². The maximum absolute atomic E-state index is 12.9. The summed E-state index contributed by atoms with van der Waals surface area (Å²) in [6.45, 7) is 0. The zero-order valence-corrected chi connectivity index (χ0v) is 9.63. The lowest BCUT2D eigenvalue weighted by atomic mass is 9.86. The third kappa shape index (κ3) is 3.21. The van der Waals surface area contributed by atoms with Crippen molar-refractivity contribution in [1.29, 1.82) is 0 Å². The van der Waals surface area contributed by atoms with Crippen LogP contribution in [0.3, 0.4) is 0 Å². The second-order valence-electron chi connectivity index (χ2n) is 4.49. The summed E-state index contributed by atoms with van der Waals surface area (Å²) in [5.74, 6) is -3.99. The van der Waals surface area contributed by atoms with Gasteiger partial charge in [-0.25, -0.2) is 13.8 Å². The number of carbonyl (C=O) groups excluding carboxylic acids is 1. The first-order valence-electron chi connectivity index (χ1n) is 5.76. The van der Waals surface area contributed by atoms with Crippen molar-refractivity contribution >= 4 is 11.6 Å². The maximum Gasteiger partial charge on any atom is 0.248 e. The molecule has 0 aliphatic heterocycles. The molecular weight excluding hydrogens is 245 g/mol. The minimum absolute atomic E-state index is 0.174. The van der Waals surface area contributed by atoms with E-state index in [-0.39, 0.29) is 31.6 Å². The van der Waals surface area contributed by atoms with Crippen molar-refractivity contribution in [3.8, 4) is 0 Å². The highest BCUT2D eigenvalue weighted by Gasteiger charge is 2.37. The summed E-state index contributed by atoms with van der Waals surface area (Å²) in [5, 5.41) is 2.55. The molecule has 0 atom stereocenters. The second-order valence-corrected chi connectivity index (χ2v) is 4.49. The van der Waals surface area contributed by atoms with Crippen LogP contribution in [0.15, 0.2) is 18.3 Å². The molecule has 6 heteroatoms. The fourth-order valence-corrected chi connectivity index (χ4v) is 2.00. The zero-order chi connectivity index (χ0) is 13.2. The Morgan fingerprint density at radius 1 is 1.33 bits per heavy atom. The van der Waals surface area contributed by atoms with Gasteiger partial charge in [0.1, 0.15) is 0 Å². The van der Waals surface area contributed by atoms with E-state index < -0.39 is 17.8 Å². The van der Waals surface area contributed by atoms with Gasteiger partial charge in [0.05, 0.1) is 11.9 Å². The molecule has 0 saturated heterocycles. The Kier molecular flexibility index (Phi) is 3.54. The molecule has 1 amide bonds. The minimum atomic E-state index is -2.64. The van der Waals surface area contributed by atoms with E-state index in [9.17, 15) is 18.0 Å². The van der Waals surface area contributed by atoms with E-state index in [2.05, 4.69) is 10.3 Å². The van der Waals surface area contributed by atoms with Gasteiger partial charge in [-0.05, 0) is 25.0 Å². The van der Waals surface area contributed by atoms with E-state index in [0.29, 0.717) is 5.69 Å². The lowest BCUT2D eigenvalue weighted by molar-refractivity contribution is -0.124. The Labute approximate surface area is 102 Å². The topological polar surface area (TPSA) is 42.0 Å². The molecule has 1 aliphatic carbocycles. The van der Waals surface area contributed by atoms with Crippen molar-refractivity contribution in [2.24, 2.45) is 5.92 Å². The number of halogens is 3. The fourth-order valence-electron chi connectivity index (χ4n) is 2.00. The summed E-state index contributed by atoms with van der Waals surface area (Å²) >= 11 is 0. The number of aromatic nitrogens is 1. The smallest absolute Gasteiger partial charge is 0.248 e. The molecule has 18 heavy (non-hydrogen) atoms. The van der Waals surface area contributed by atoms with E-state index in [1.54, 1.807) is 0 Å². The van der Waals surface area contributed by atoms with Crippen LogP contribution in [0.5, 0.6) is 0 Å². The summed E-state index contributed by atoms with van der Waals surface area (Å²) in [6.07, 6.45) is 1.03. The van der Waals surface area contributed by atoms with E-state index in [1.807, 2.05) is 0 Å². The van der Waals surface area contributed by atoms with Gasteiger partial charge >= 0.3 is 0 Å². The Balaban J connectivity index is 1.91. The molecule has 0 bridgehead atoms. The van der Waals surface area contributed by atoms with Crippen molar-refractivity contribution in [1.82, 2.24) is 4.98 Å². The summed E-state index contributed by atoms with van der Waals surface area (Å²) in [5.41, 5.74) is 0.374. The first-order chi connectivity index (χ1) is 8.46. The van der Waals surface area contributed by atoms with E-state index in [0.717, 1.165) is 6.07 Å². The Morgan fingerprint density at radius 3 is 2.56 bits per heavy atom. The molecule has 1 aromatic heterocycles. The van der Waals surface area contributed by atoms with Gasteiger partial charge in [0, 0.05) is 18.8 Å².